The zero-order chi connectivity index (χ0) is 10.3. The molecular formula is C11H9BrOS. The number of hydrogen-bond acceptors (Lipinski definition) is 2. The summed E-state index contributed by atoms with van der Waals surface area (Å²) in [6, 6.07) is 6.22. The number of thiophene rings is 1. The summed E-state index contributed by atoms with van der Waals surface area (Å²) >= 11 is 5.02. The highest BCUT2D eigenvalue weighted by atomic mass is 79.9. The van der Waals surface area contributed by atoms with Crippen LogP contribution >= 0.6 is 27.3 Å². The van der Waals surface area contributed by atoms with E-state index in [0.717, 1.165) is 14.7 Å². The van der Waals surface area contributed by atoms with E-state index in [4.69, 9.17) is 0 Å². The predicted octanol–water partition coefficient (Wildman–Crippen LogP) is 4.17. The molecule has 2 aromatic rings. The highest BCUT2D eigenvalue weighted by Gasteiger charge is 2.12. The Bertz CT molecular complexity index is 513. The summed E-state index contributed by atoms with van der Waals surface area (Å²) in [5.41, 5.74) is 1.22. The van der Waals surface area contributed by atoms with Crippen LogP contribution in [0.2, 0.25) is 0 Å². The van der Waals surface area contributed by atoms with E-state index < -0.39 is 0 Å². The summed E-state index contributed by atoms with van der Waals surface area (Å²) in [6.45, 7) is 3.66. The van der Waals surface area contributed by atoms with Crippen LogP contribution < -0.4 is 0 Å². The third-order valence-corrected chi connectivity index (χ3v) is 4.44. The number of carbonyl (C=O) groups excluding carboxylic acids is 1. The van der Waals surface area contributed by atoms with Crippen LogP contribution in [-0.4, -0.2) is 5.78 Å². The minimum absolute atomic E-state index is 0.121. The standard InChI is InChI=1S/C11H9BrOS/c1-6-3-4-8-9(5-6)14-11(7(2)13)10(8)12/h3-5H,1-2H3. The Morgan fingerprint density at radius 2 is 2.14 bits per heavy atom. The molecule has 0 aliphatic rings. The van der Waals surface area contributed by atoms with Gasteiger partial charge in [0.1, 0.15) is 0 Å². The summed E-state index contributed by atoms with van der Waals surface area (Å²) in [6.07, 6.45) is 0. The molecule has 0 aliphatic heterocycles. The molecule has 0 amide bonds. The van der Waals surface area contributed by atoms with Crippen molar-refractivity contribution >= 4 is 43.1 Å². The number of benzene rings is 1. The van der Waals surface area contributed by atoms with E-state index in [1.165, 1.54) is 10.3 Å². The fourth-order valence-corrected chi connectivity index (χ4v) is 3.49. The number of hydrogen-bond donors (Lipinski definition) is 0. The first kappa shape index (κ1) is 9.87. The second-order valence-electron chi connectivity index (χ2n) is 3.30. The lowest BCUT2D eigenvalue weighted by atomic mass is 10.2. The molecule has 1 heterocycles. The molecule has 14 heavy (non-hydrogen) atoms. The fraction of sp³-hybridized carbons (Fsp3) is 0.182. The van der Waals surface area contributed by atoms with E-state index in [-0.39, 0.29) is 5.78 Å². The van der Waals surface area contributed by atoms with Crippen LogP contribution in [-0.2, 0) is 0 Å². The number of carbonyl (C=O) groups is 1. The highest BCUT2D eigenvalue weighted by molar-refractivity contribution is 9.10. The monoisotopic (exact) mass is 268 g/mol. The second kappa shape index (κ2) is 3.48. The molecule has 0 spiro atoms. The van der Waals surface area contributed by atoms with Crippen LogP contribution in [0.15, 0.2) is 22.7 Å². The highest BCUT2D eigenvalue weighted by Crippen LogP contribution is 2.36. The Hall–Kier alpha value is -0.670. The molecule has 0 aliphatic carbocycles. The van der Waals surface area contributed by atoms with Crippen molar-refractivity contribution < 1.29 is 4.79 Å². The van der Waals surface area contributed by atoms with Crippen LogP contribution in [0, 0.1) is 6.92 Å². The minimum atomic E-state index is 0.121. The molecule has 0 saturated heterocycles. The molecule has 0 N–H and O–H groups in total. The molecule has 0 unspecified atom stereocenters. The zero-order valence-electron chi connectivity index (χ0n) is 7.93. The summed E-state index contributed by atoms with van der Waals surface area (Å²) in [5, 5.41) is 1.13. The van der Waals surface area contributed by atoms with Crippen molar-refractivity contribution in [2.75, 3.05) is 0 Å². The van der Waals surface area contributed by atoms with Crippen LogP contribution in [0.25, 0.3) is 10.1 Å². The van der Waals surface area contributed by atoms with E-state index in [0.29, 0.717) is 0 Å². The van der Waals surface area contributed by atoms with Gasteiger partial charge in [-0.25, -0.2) is 0 Å². The topological polar surface area (TPSA) is 17.1 Å². The molecule has 1 aromatic carbocycles. The molecule has 72 valence electrons. The summed E-state index contributed by atoms with van der Waals surface area (Å²) < 4.78 is 2.10. The first-order valence-electron chi connectivity index (χ1n) is 4.29. The SMILES string of the molecule is CC(=O)c1sc2cc(C)ccc2c1Br. The van der Waals surface area contributed by atoms with Gasteiger partial charge in [-0.05, 0) is 41.4 Å². The molecule has 0 bridgehead atoms. The van der Waals surface area contributed by atoms with Gasteiger partial charge < -0.3 is 0 Å². The first-order chi connectivity index (χ1) is 6.59. The smallest absolute Gasteiger partial charge is 0.170 e. The van der Waals surface area contributed by atoms with Gasteiger partial charge in [0, 0.05) is 14.6 Å². The number of fused-ring (bicyclic) bond motifs is 1. The van der Waals surface area contributed by atoms with Gasteiger partial charge in [-0.1, -0.05) is 12.1 Å². The van der Waals surface area contributed by atoms with E-state index in [1.54, 1.807) is 18.3 Å². The Morgan fingerprint density at radius 1 is 1.43 bits per heavy atom. The van der Waals surface area contributed by atoms with Crippen molar-refractivity contribution in [1.29, 1.82) is 0 Å². The molecule has 1 aromatic heterocycles. The quantitative estimate of drug-likeness (QED) is 0.710. The lowest BCUT2D eigenvalue weighted by molar-refractivity contribution is 0.102. The lowest BCUT2D eigenvalue weighted by Crippen LogP contribution is -1.86. The fourth-order valence-electron chi connectivity index (χ4n) is 1.40. The Kier molecular flexibility index (Phi) is 2.45. The summed E-state index contributed by atoms with van der Waals surface area (Å²) in [5.74, 6) is 0.121. The maximum atomic E-state index is 11.3. The third kappa shape index (κ3) is 1.51. The Labute approximate surface area is 94.9 Å². The largest absolute Gasteiger partial charge is 0.294 e. The molecule has 0 radical (unpaired) electrons. The van der Waals surface area contributed by atoms with Crippen molar-refractivity contribution in [3.63, 3.8) is 0 Å². The van der Waals surface area contributed by atoms with Gasteiger partial charge in [0.05, 0.1) is 4.88 Å². The average Bonchev–Trinajstić information content (AvgIpc) is 2.43. The summed E-state index contributed by atoms with van der Waals surface area (Å²) in [7, 11) is 0. The van der Waals surface area contributed by atoms with Crippen LogP contribution in [0.1, 0.15) is 22.2 Å². The molecule has 2 rings (SSSR count). The minimum Gasteiger partial charge on any atom is -0.294 e. The van der Waals surface area contributed by atoms with Crippen molar-refractivity contribution in [2.24, 2.45) is 0 Å². The number of aryl methyl sites for hydroxylation is 1. The van der Waals surface area contributed by atoms with E-state index in [2.05, 4.69) is 41.1 Å². The maximum Gasteiger partial charge on any atom is 0.170 e. The number of halogens is 1. The molecule has 0 atom stereocenters. The lowest BCUT2D eigenvalue weighted by Gasteiger charge is -1.92. The van der Waals surface area contributed by atoms with Gasteiger partial charge in [-0.3, -0.25) is 4.79 Å². The maximum absolute atomic E-state index is 11.3. The molecular weight excluding hydrogens is 260 g/mol. The normalized spacial score (nSPS) is 10.8. The van der Waals surface area contributed by atoms with Gasteiger partial charge in [0.15, 0.2) is 5.78 Å². The molecule has 1 nitrogen and oxygen atoms in total. The number of Topliss-reactive ketones (excluding diaryl/α,β-unsaturated/α-hetero) is 1. The number of rotatable bonds is 1. The summed E-state index contributed by atoms with van der Waals surface area (Å²) in [4.78, 5) is 12.1. The van der Waals surface area contributed by atoms with Gasteiger partial charge >= 0.3 is 0 Å². The third-order valence-electron chi connectivity index (χ3n) is 2.10. The van der Waals surface area contributed by atoms with E-state index in [1.807, 2.05) is 0 Å². The van der Waals surface area contributed by atoms with Crippen molar-refractivity contribution in [3.05, 3.63) is 33.1 Å². The molecule has 0 fully saturated rings. The van der Waals surface area contributed by atoms with E-state index in [9.17, 15) is 4.79 Å². The molecule has 0 saturated carbocycles. The zero-order valence-corrected chi connectivity index (χ0v) is 10.3. The first-order valence-corrected chi connectivity index (χ1v) is 5.90. The second-order valence-corrected chi connectivity index (χ2v) is 5.15. The van der Waals surface area contributed by atoms with Crippen molar-refractivity contribution in [2.45, 2.75) is 13.8 Å². The van der Waals surface area contributed by atoms with Crippen molar-refractivity contribution in [3.8, 4) is 0 Å². The van der Waals surface area contributed by atoms with Gasteiger partial charge in [0.25, 0.3) is 0 Å². The average molecular weight is 269 g/mol. The van der Waals surface area contributed by atoms with Gasteiger partial charge in [-0.2, -0.15) is 0 Å². The van der Waals surface area contributed by atoms with Crippen molar-refractivity contribution in [1.82, 2.24) is 0 Å². The van der Waals surface area contributed by atoms with Gasteiger partial charge in [-0.15, -0.1) is 11.3 Å². The predicted molar refractivity (Wildman–Crippen MR) is 64.3 cm³/mol. The van der Waals surface area contributed by atoms with Crippen LogP contribution in [0.4, 0.5) is 0 Å². The van der Waals surface area contributed by atoms with Gasteiger partial charge in [0.2, 0.25) is 0 Å². The Morgan fingerprint density at radius 3 is 2.79 bits per heavy atom. The van der Waals surface area contributed by atoms with Crippen LogP contribution in [0.5, 0.6) is 0 Å². The molecule has 3 heteroatoms. The number of ketones is 1. The van der Waals surface area contributed by atoms with Crippen LogP contribution in [0.3, 0.4) is 0 Å². The Balaban J connectivity index is 2.79. The van der Waals surface area contributed by atoms with E-state index >= 15 is 0 Å².